The molecule has 115 heavy (non-hydrogen) atoms. The predicted octanol–water partition coefficient (Wildman–Crippen LogP) is 0.431. The van der Waals surface area contributed by atoms with E-state index in [0.29, 0.717) is 110 Å². The van der Waals surface area contributed by atoms with E-state index >= 15 is 0 Å². The van der Waals surface area contributed by atoms with Gasteiger partial charge in [0.25, 0.3) is 0 Å². The van der Waals surface area contributed by atoms with Crippen molar-refractivity contribution in [3.8, 4) is 0 Å². The summed E-state index contributed by atoms with van der Waals surface area (Å²) in [4.78, 5) is 106. The Morgan fingerprint density at radius 2 is 0.696 bits per heavy atom. The van der Waals surface area contributed by atoms with Gasteiger partial charge in [-0.1, -0.05) is 65.7 Å². The summed E-state index contributed by atoms with van der Waals surface area (Å²) in [5, 5.41) is 124. The number of hydrogen-bond acceptors (Lipinski definition) is 28. The molecule has 15 unspecified atom stereocenters. The number of nitrogens with zero attached hydrogens (tertiary/aromatic N) is 1. The quantitative estimate of drug-likeness (QED) is 0.0290. The number of carbonyl (C=O) groups is 8. The van der Waals surface area contributed by atoms with Gasteiger partial charge in [0.2, 0.25) is 41.4 Å². The minimum Gasteiger partial charge on any atom is -0.569 e. The number of carbonyl (C=O) groups excluding carboxylic acids is 8. The van der Waals surface area contributed by atoms with Crippen LogP contribution in [0.2, 0.25) is 0 Å². The van der Waals surface area contributed by atoms with Crippen molar-refractivity contribution >= 4 is 47.1 Å². The van der Waals surface area contributed by atoms with E-state index < -0.39 is 123 Å². The van der Waals surface area contributed by atoms with Crippen molar-refractivity contribution in [3.05, 3.63) is 14.0 Å². The van der Waals surface area contributed by atoms with Gasteiger partial charge in [0.05, 0.1) is 83.9 Å². The summed E-state index contributed by atoms with van der Waals surface area (Å²) in [7, 11) is 2.25. The molecule has 0 aromatic heterocycles. The second kappa shape index (κ2) is 64.1. The molecule has 35 nitrogen and oxygen atoms in total. The molecule has 4 saturated heterocycles. The summed E-state index contributed by atoms with van der Waals surface area (Å²) in [5.74, 6) is -3.07. The average molecular weight is 1730 g/mol. The minimum absolute atomic E-state index is 0. The number of β-amino-alcohol motifs (C(OH)–C–C–N with tert-alkyl or cyclic N) is 1. The Hall–Kier alpha value is -3.74. The monoisotopic (exact) mass is 1730 g/mol. The molecular formula is C79H143N7O28Y-2. The van der Waals surface area contributed by atoms with Gasteiger partial charge in [0.15, 0.2) is 18.9 Å². The molecule has 17 atom stereocenters. The maximum absolute atomic E-state index is 14.1. The number of Topliss-reactive ketones (excluding diaryl/α,β-unsaturated/α-hetero) is 1. The number of ether oxygens (including phenoxy) is 9. The molecule has 4 aliphatic heterocycles. The number of amides is 7. The van der Waals surface area contributed by atoms with Gasteiger partial charge in [0, 0.05) is 185 Å². The number of nitrogens with one attached hydrogen (secondary N) is 6. The second-order valence-corrected chi connectivity index (χ2v) is 30.5. The van der Waals surface area contributed by atoms with Crippen molar-refractivity contribution in [1.29, 1.82) is 0 Å². The van der Waals surface area contributed by atoms with Crippen LogP contribution in [0.15, 0.2) is 0 Å². The zero-order valence-corrected chi connectivity index (χ0v) is 71.4. The minimum atomic E-state index is -1.23. The van der Waals surface area contributed by atoms with E-state index in [1.807, 2.05) is 4.90 Å². The van der Waals surface area contributed by atoms with Crippen molar-refractivity contribution in [2.75, 3.05) is 125 Å². The molecule has 17 N–H and O–H groups in total. The molecule has 0 aromatic rings. The average Bonchev–Trinajstić information content (AvgIpc) is 1.74. The Kier molecular flexibility index (Phi) is 59.9. The fourth-order valence-electron chi connectivity index (χ4n) is 13.8. The van der Waals surface area contributed by atoms with E-state index in [2.05, 4.69) is 45.9 Å². The summed E-state index contributed by atoms with van der Waals surface area (Å²) in [6.07, 6.45) is 1.72. The van der Waals surface area contributed by atoms with Gasteiger partial charge < -0.3 is 143 Å². The number of rotatable bonds is 63. The van der Waals surface area contributed by atoms with Gasteiger partial charge in [-0.15, -0.1) is 0 Å². The van der Waals surface area contributed by atoms with Crippen LogP contribution in [0.4, 0.5) is 0 Å². The maximum Gasteiger partial charge on any atom is 0.222 e. The van der Waals surface area contributed by atoms with Gasteiger partial charge in [-0.05, 0) is 77.0 Å². The third kappa shape index (κ3) is 44.1. The molecule has 0 saturated carbocycles. The largest absolute Gasteiger partial charge is 0.569 e. The molecule has 4 heterocycles. The van der Waals surface area contributed by atoms with Crippen LogP contribution in [0.3, 0.4) is 0 Å². The van der Waals surface area contributed by atoms with Crippen molar-refractivity contribution in [2.24, 2.45) is 23.2 Å². The Labute approximate surface area is 705 Å². The molecule has 667 valence electrons. The topological polar surface area (TPSA) is 518 Å². The van der Waals surface area contributed by atoms with Gasteiger partial charge in [-0.2, -0.15) is 6.42 Å². The summed E-state index contributed by atoms with van der Waals surface area (Å²) >= 11 is 0. The first-order valence-corrected chi connectivity index (χ1v) is 41.5. The molecule has 4 fully saturated rings. The van der Waals surface area contributed by atoms with Crippen LogP contribution in [-0.4, -0.2) is 319 Å². The van der Waals surface area contributed by atoms with Crippen molar-refractivity contribution in [1.82, 2.24) is 36.8 Å². The molecule has 36 heteroatoms. The van der Waals surface area contributed by atoms with Gasteiger partial charge in [-0.3, -0.25) is 38.4 Å². The Morgan fingerprint density at radius 3 is 1.01 bits per heavy atom. The van der Waals surface area contributed by atoms with E-state index in [9.17, 15) is 89.4 Å². The van der Waals surface area contributed by atoms with Crippen molar-refractivity contribution < 1.29 is 170 Å². The first-order chi connectivity index (χ1) is 54.9. The third-order valence-corrected chi connectivity index (χ3v) is 20.9. The molecule has 0 bridgehead atoms. The van der Waals surface area contributed by atoms with E-state index in [1.54, 1.807) is 20.8 Å². The molecule has 0 spiro atoms. The van der Waals surface area contributed by atoms with Crippen LogP contribution in [0.5, 0.6) is 0 Å². The number of aliphatic hydroxyl groups is 11. The number of ketones is 1. The predicted molar refractivity (Wildman–Crippen MR) is 415 cm³/mol. The standard InChI is InChI=1S/C78H140N7O27.CH3O.Y/c1-5-23-56-44-58(90)46-85(56)68(97)28-13-11-9-7-6-8-10-12-24-57(89)45-78(50-104-41-29-65(94)82-35-20-32-79-62(91)25-14-17-38-107-75-53(2)69(98)72(101)59(47-86)110-75,51-105-42-30-66(95)83-36-21-33-80-63(92)26-15-18-39-108-76-54(3)70(99)73(102)60(48-87)111-76)52-106-43-31-67(96)84-37-22-34-81-64(93)27-16-19-40-109-77-55(4)71(100)74(103)61(49-88)112-77;1-2;/h53-56,58-61,69-77,86-88,90,98-103H,1,5-52H2,2-4H3,(H,79,91)(H,80,92)(H,81,93)(H,82,94)(H,83,95)(H,84,96);2H,1H2;/q2*-1;/t53?,54?,55?,56-,58-,59?,60?,61?,69?,70?,71?,72?,73?,74?,75?,76?,77?,78?;;/m1../s1. The van der Waals surface area contributed by atoms with Gasteiger partial charge in [0.1, 0.15) is 42.4 Å². The van der Waals surface area contributed by atoms with Crippen LogP contribution >= 0.6 is 0 Å². The second-order valence-electron chi connectivity index (χ2n) is 30.5. The first-order valence-electron chi connectivity index (χ1n) is 41.5. The normalized spacial score (nSPS) is 25.8. The van der Waals surface area contributed by atoms with Gasteiger partial charge in [-0.25, -0.2) is 7.11 Å². The molecule has 4 rings (SSSR count). The number of unbranched alkanes of at least 4 members (excludes halogenated alkanes) is 10. The molecular weight excluding hydrogens is 1580 g/mol. The maximum atomic E-state index is 14.1. The van der Waals surface area contributed by atoms with Crippen LogP contribution in [0.1, 0.15) is 207 Å². The van der Waals surface area contributed by atoms with Crippen molar-refractivity contribution in [2.45, 2.75) is 293 Å². The van der Waals surface area contributed by atoms with Crippen LogP contribution < -0.4 is 31.9 Å². The molecule has 1 radical (unpaired) electrons. The zero-order valence-electron chi connectivity index (χ0n) is 68.6. The Bertz CT molecular complexity index is 2420. The zero-order chi connectivity index (χ0) is 84.1. The van der Waals surface area contributed by atoms with E-state index in [1.165, 1.54) is 0 Å². The first kappa shape index (κ1) is 107. The summed E-state index contributed by atoms with van der Waals surface area (Å²) in [5.41, 5.74) is -1.13. The van der Waals surface area contributed by atoms with Crippen molar-refractivity contribution in [3.63, 3.8) is 0 Å². The van der Waals surface area contributed by atoms with E-state index in [4.69, 9.17) is 47.7 Å². The Balaban J connectivity index is 0.0000148. The summed E-state index contributed by atoms with van der Waals surface area (Å²) in [6, 6.07) is 0.0495. The van der Waals surface area contributed by atoms with Gasteiger partial charge >= 0.3 is 0 Å². The Morgan fingerprint density at radius 1 is 0.400 bits per heavy atom. The molecule has 4 aliphatic rings. The summed E-state index contributed by atoms with van der Waals surface area (Å²) in [6.45, 7) is 9.88. The number of likely N-dealkylation sites (tertiary alicyclic amines) is 1. The van der Waals surface area contributed by atoms with Crippen LogP contribution in [0, 0.1) is 37.2 Å². The van der Waals surface area contributed by atoms with Crippen LogP contribution in [0.25, 0.3) is 0 Å². The van der Waals surface area contributed by atoms with E-state index in [0.717, 1.165) is 51.4 Å². The van der Waals surface area contributed by atoms with E-state index in [-0.39, 0.29) is 216 Å². The molecule has 0 aromatic carbocycles. The summed E-state index contributed by atoms with van der Waals surface area (Å²) < 4.78 is 52.6. The fourth-order valence-corrected chi connectivity index (χ4v) is 13.8. The fraction of sp³-hybridized carbons (Fsp3) is 0.873. The number of hydrogen-bond donors (Lipinski definition) is 17. The number of aliphatic hydroxyl groups excluding tert-OH is 11. The molecule has 7 amide bonds. The smallest absolute Gasteiger partial charge is 0.222 e. The molecule has 0 aliphatic carbocycles. The van der Waals surface area contributed by atoms with Crippen LogP contribution in [-0.2, 0) is 114 Å². The third-order valence-electron chi connectivity index (χ3n) is 20.9. The SMILES string of the molecule is [CH2-]CC[C@@H]1C[C@@H](O)CN1C(=O)CCCCCCCCCCC(=O)CC(COCCC(=O)NCCCNC(=O)CCCCOC1OC(CO)C(O)C(O)C1C)(COCCC(=O)NCCCNC(=O)CCCCOC1OC(CO)C(O)C(O)C1C)COCCC(=O)NCCCNC(=O)CCCCOC1OC(CO)C(O)C(O)C1C.[CH2-]O.[Y].